The van der Waals surface area contributed by atoms with Gasteiger partial charge in [0.2, 0.25) is 0 Å². The zero-order chi connectivity index (χ0) is 13.1. The first kappa shape index (κ1) is 12.5. The lowest BCUT2D eigenvalue weighted by Gasteiger charge is -1.98. The molecule has 2 aromatic rings. The van der Waals surface area contributed by atoms with Crippen LogP contribution in [0.1, 0.15) is 5.01 Å². The van der Waals surface area contributed by atoms with Gasteiger partial charge in [0, 0.05) is 17.0 Å². The van der Waals surface area contributed by atoms with E-state index in [1.807, 2.05) is 6.07 Å². The molecule has 0 amide bonds. The third-order valence-electron chi connectivity index (χ3n) is 2.22. The number of thiazole rings is 1. The molecule has 18 heavy (non-hydrogen) atoms. The van der Waals surface area contributed by atoms with E-state index in [1.54, 1.807) is 11.4 Å². The van der Waals surface area contributed by atoms with Crippen LogP contribution in [0.2, 0.25) is 5.02 Å². The highest BCUT2D eigenvalue weighted by atomic mass is 35.5. The molecule has 1 heterocycles. The van der Waals surface area contributed by atoms with E-state index in [4.69, 9.17) is 16.9 Å². The van der Waals surface area contributed by atoms with E-state index in [2.05, 4.69) is 4.98 Å². The summed E-state index contributed by atoms with van der Waals surface area (Å²) in [6.07, 6.45) is 0.236. The number of hydrogen-bond acceptors (Lipinski definition) is 5. The van der Waals surface area contributed by atoms with Gasteiger partial charge in [0.15, 0.2) is 0 Å². The van der Waals surface area contributed by atoms with Crippen molar-refractivity contribution in [3.05, 3.63) is 43.7 Å². The number of nitrogens with zero attached hydrogens (tertiary/aromatic N) is 3. The van der Waals surface area contributed by atoms with Gasteiger partial charge >= 0.3 is 0 Å². The molecule has 0 saturated carbocycles. The van der Waals surface area contributed by atoms with Crippen molar-refractivity contribution in [2.45, 2.75) is 6.42 Å². The predicted molar refractivity (Wildman–Crippen MR) is 68.5 cm³/mol. The first-order valence-corrected chi connectivity index (χ1v) is 6.13. The molecule has 0 spiro atoms. The molecule has 0 unspecified atom stereocenters. The highest BCUT2D eigenvalue weighted by molar-refractivity contribution is 7.10. The maximum atomic E-state index is 10.8. The quantitative estimate of drug-likeness (QED) is 0.637. The summed E-state index contributed by atoms with van der Waals surface area (Å²) in [6, 6.07) is 6.53. The average molecular weight is 280 g/mol. The lowest BCUT2D eigenvalue weighted by molar-refractivity contribution is -0.384. The Hall–Kier alpha value is -1.97. The lowest BCUT2D eigenvalue weighted by atomic mass is 10.1. The smallest absolute Gasteiger partial charge is 0.258 e. The minimum Gasteiger partial charge on any atom is -0.258 e. The summed E-state index contributed by atoms with van der Waals surface area (Å²) >= 11 is 7.08. The highest BCUT2D eigenvalue weighted by Gasteiger charge is 2.14. The number of nitro benzene ring substituents is 1. The fraction of sp³-hybridized carbons (Fsp3) is 0.0909. The van der Waals surface area contributed by atoms with Crippen LogP contribution in [0.3, 0.4) is 0 Å². The molecule has 5 nitrogen and oxygen atoms in total. The van der Waals surface area contributed by atoms with Crippen LogP contribution in [0, 0.1) is 21.4 Å². The molecule has 0 atom stereocenters. The van der Waals surface area contributed by atoms with Gasteiger partial charge < -0.3 is 0 Å². The Morgan fingerprint density at radius 3 is 3.00 bits per heavy atom. The van der Waals surface area contributed by atoms with Crippen molar-refractivity contribution >= 4 is 28.6 Å². The summed E-state index contributed by atoms with van der Waals surface area (Å²) in [5.74, 6) is 0. The molecule has 0 N–H and O–H groups in total. The molecule has 0 radical (unpaired) electrons. The van der Waals surface area contributed by atoms with E-state index in [0.29, 0.717) is 16.3 Å². The first-order valence-electron chi connectivity index (χ1n) is 4.87. The third kappa shape index (κ3) is 2.47. The maximum Gasteiger partial charge on any atom is 0.288 e. The van der Waals surface area contributed by atoms with Crippen LogP contribution < -0.4 is 0 Å². The van der Waals surface area contributed by atoms with E-state index < -0.39 is 4.92 Å². The summed E-state index contributed by atoms with van der Waals surface area (Å²) in [6.45, 7) is 0. The Morgan fingerprint density at radius 2 is 2.33 bits per heavy atom. The molecular formula is C11H6ClN3O2S. The maximum absolute atomic E-state index is 10.8. The second-order valence-electron chi connectivity index (χ2n) is 3.38. The second kappa shape index (κ2) is 5.12. The number of nitriles is 1. The van der Waals surface area contributed by atoms with Crippen LogP contribution in [0.4, 0.5) is 5.69 Å². The number of aromatic nitrogens is 1. The van der Waals surface area contributed by atoms with E-state index in [1.165, 1.54) is 23.5 Å². The summed E-state index contributed by atoms with van der Waals surface area (Å²) in [5, 5.41) is 21.9. The van der Waals surface area contributed by atoms with Gasteiger partial charge in [0.05, 0.1) is 23.1 Å². The molecule has 1 aromatic carbocycles. The van der Waals surface area contributed by atoms with Crippen LogP contribution in [0.15, 0.2) is 23.6 Å². The Labute approximate surface area is 111 Å². The van der Waals surface area contributed by atoms with Crippen LogP contribution >= 0.6 is 22.9 Å². The van der Waals surface area contributed by atoms with Gasteiger partial charge in [0.25, 0.3) is 5.69 Å². The molecule has 0 fully saturated rings. The lowest BCUT2D eigenvalue weighted by Crippen LogP contribution is -1.90. The van der Waals surface area contributed by atoms with Crippen molar-refractivity contribution in [2.75, 3.05) is 0 Å². The number of benzene rings is 1. The van der Waals surface area contributed by atoms with Crippen molar-refractivity contribution in [1.82, 2.24) is 4.98 Å². The van der Waals surface area contributed by atoms with Crippen LogP contribution in [-0.2, 0) is 6.42 Å². The Morgan fingerprint density at radius 1 is 1.56 bits per heavy atom. The zero-order valence-corrected chi connectivity index (χ0v) is 10.5. The summed E-state index contributed by atoms with van der Waals surface area (Å²) in [5.41, 5.74) is 1.08. The van der Waals surface area contributed by atoms with Crippen LogP contribution in [0.5, 0.6) is 0 Å². The molecule has 1 aromatic heterocycles. The summed E-state index contributed by atoms with van der Waals surface area (Å²) in [4.78, 5) is 14.5. The number of rotatable bonds is 3. The van der Waals surface area contributed by atoms with Gasteiger partial charge in [-0.2, -0.15) is 5.26 Å². The highest BCUT2D eigenvalue weighted by Crippen LogP contribution is 2.30. The van der Waals surface area contributed by atoms with E-state index >= 15 is 0 Å². The standard InChI is InChI=1S/C11H6ClN3O2S/c12-8-2-1-7(5-10(8)15(16)17)9-6-18-11(14-9)3-4-13/h1-2,5-6H,3H2. The van der Waals surface area contributed by atoms with E-state index in [0.717, 1.165) is 0 Å². The topological polar surface area (TPSA) is 79.8 Å². The van der Waals surface area contributed by atoms with Crippen molar-refractivity contribution in [2.24, 2.45) is 0 Å². The molecule has 90 valence electrons. The van der Waals surface area contributed by atoms with Crippen LogP contribution in [0.25, 0.3) is 11.3 Å². The van der Waals surface area contributed by atoms with E-state index in [-0.39, 0.29) is 17.1 Å². The van der Waals surface area contributed by atoms with Gasteiger partial charge in [-0.1, -0.05) is 17.7 Å². The van der Waals surface area contributed by atoms with E-state index in [9.17, 15) is 10.1 Å². The molecule has 0 aliphatic rings. The SMILES string of the molecule is N#CCc1nc(-c2ccc(Cl)c([N+](=O)[O-])c2)cs1. The number of nitro groups is 1. The third-order valence-corrected chi connectivity index (χ3v) is 3.39. The molecule has 0 aliphatic carbocycles. The van der Waals surface area contributed by atoms with Gasteiger partial charge in [0.1, 0.15) is 10.0 Å². The minimum atomic E-state index is -0.533. The first-order chi connectivity index (χ1) is 8.61. The van der Waals surface area contributed by atoms with Gasteiger partial charge in [-0.25, -0.2) is 4.98 Å². The normalized spacial score (nSPS) is 10.0. The molecule has 0 saturated heterocycles. The van der Waals surface area contributed by atoms with Crippen molar-refractivity contribution in [1.29, 1.82) is 5.26 Å². The van der Waals surface area contributed by atoms with Crippen LogP contribution in [-0.4, -0.2) is 9.91 Å². The Kier molecular flexibility index (Phi) is 3.55. The monoisotopic (exact) mass is 279 g/mol. The molecule has 2 rings (SSSR count). The van der Waals surface area contributed by atoms with Gasteiger partial charge in [-0.3, -0.25) is 10.1 Å². The largest absolute Gasteiger partial charge is 0.288 e. The minimum absolute atomic E-state index is 0.0937. The number of hydrogen-bond donors (Lipinski definition) is 0. The predicted octanol–water partition coefficient (Wildman–Crippen LogP) is 3.44. The molecular weight excluding hydrogens is 274 g/mol. The average Bonchev–Trinajstić information content (AvgIpc) is 2.78. The zero-order valence-electron chi connectivity index (χ0n) is 8.96. The molecule has 0 aliphatic heterocycles. The van der Waals surface area contributed by atoms with Crippen molar-refractivity contribution < 1.29 is 4.92 Å². The molecule has 7 heteroatoms. The fourth-order valence-electron chi connectivity index (χ4n) is 1.40. The Balaban J connectivity index is 2.41. The number of halogens is 1. The summed E-state index contributed by atoms with van der Waals surface area (Å²) < 4.78 is 0. The van der Waals surface area contributed by atoms with Gasteiger partial charge in [-0.15, -0.1) is 11.3 Å². The van der Waals surface area contributed by atoms with Crippen molar-refractivity contribution in [3.63, 3.8) is 0 Å². The van der Waals surface area contributed by atoms with Gasteiger partial charge in [-0.05, 0) is 6.07 Å². The fourth-order valence-corrected chi connectivity index (χ4v) is 2.33. The summed E-state index contributed by atoms with van der Waals surface area (Å²) in [7, 11) is 0. The molecule has 0 bridgehead atoms. The van der Waals surface area contributed by atoms with Crippen molar-refractivity contribution in [3.8, 4) is 17.3 Å². The Bertz CT molecular complexity index is 648. The second-order valence-corrected chi connectivity index (χ2v) is 4.73.